The van der Waals surface area contributed by atoms with Gasteiger partial charge in [0.1, 0.15) is 10.8 Å². The van der Waals surface area contributed by atoms with E-state index in [9.17, 15) is 22.4 Å². The van der Waals surface area contributed by atoms with Crippen LogP contribution in [0.25, 0.3) is 0 Å². The highest BCUT2D eigenvalue weighted by Gasteiger charge is 2.57. The van der Waals surface area contributed by atoms with Crippen LogP contribution in [0.1, 0.15) is 23.0 Å². The molecule has 0 N–H and O–H groups in total. The Labute approximate surface area is 93.0 Å². The number of aryl methyl sites for hydroxylation is 1. The number of carbonyl (C=O) groups excluding carboxylic acids is 1. The van der Waals surface area contributed by atoms with E-state index in [2.05, 4.69) is 5.10 Å². The summed E-state index contributed by atoms with van der Waals surface area (Å²) < 4.78 is 52.6. The lowest BCUT2D eigenvalue weighted by atomic mass is 10.1. The van der Waals surface area contributed by atoms with E-state index in [1.54, 1.807) is 0 Å². The molecule has 1 heterocycles. The van der Waals surface area contributed by atoms with Crippen molar-refractivity contribution in [1.82, 2.24) is 9.78 Å². The first-order chi connectivity index (χ1) is 7.13. The fourth-order valence-corrected chi connectivity index (χ4v) is 1.24. The molecule has 0 radical (unpaired) electrons. The van der Waals surface area contributed by atoms with Crippen molar-refractivity contribution in [3.8, 4) is 0 Å². The van der Waals surface area contributed by atoms with Crippen LogP contribution in [0.4, 0.5) is 17.6 Å². The van der Waals surface area contributed by atoms with Crippen molar-refractivity contribution >= 4 is 17.9 Å². The smallest absolute Gasteiger partial charge is 0.298 e. The number of carbonyl (C=O) groups is 1. The van der Waals surface area contributed by atoms with E-state index >= 15 is 0 Å². The maximum absolute atomic E-state index is 13.3. The van der Waals surface area contributed by atoms with Gasteiger partial charge in [0.15, 0.2) is 6.29 Å². The second-order valence-corrected chi connectivity index (χ2v) is 3.62. The Balaban J connectivity index is 3.45. The molecule has 1 aromatic rings. The molecule has 0 aliphatic carbocycles. The Hall–Kier alpha value is -1.11. The fourth-order valence-electron chi connectivity index (χ4n) is 1.06. The van der Waals surface area contributed by atoms with Gasteiger partial charge in [-0.05, 0) is 0 Å². The second kappa shape index (κ2) is 3.73. The molecule has 0 saturated carbocycles. The summed E-state index contributed by atoms with van der Waals surface area (Å²) in [5, 5.41) is 2.73. The molecule has 0 saturated heterocycles. The standard InChI is InChI=1S/C8H7ClF4N2O/c1-7(10,11)8(12,13)5-4(3-16)6(9)15(2)14-5/h3H,1-2H3. The summed E-state index contributed by atoms with van der Waals surface area (Å²) in [6.45, 7) is 0.0458. The van der Waals surface area contributed by atoms with Gasteiger partial charge in [-0.1, -0.05) is 11.6 Å². The molecule has 1 aromatic heterocycles. The molecule has 16 heavy (non-hydrogen) atoms. The van der Waals surface area contributed by atoms with Crippen LogP contribution in [0, 0.1) is 0 Å². The lowest BCUT2D eigenvalue weighted by Crippen LogP contribution is -2.36. The molecule has 0 amide bonds. The average molecular weight is 259 g/mol. The van der Waals surface area contributed by atoms with Gasteiger partial charge in [0.05, 0.1) is 5.56 Å². The molecule has 90 valence electrons. The number of hydrogen-bond acceptors (Lipinski definition) is 2. The highest BCUT2D eigenvalue weighted by Crippen LogP contribution is 2.43. The summed E-state index contributed by atoms with van der Waals surface area (Å²) in [7, 11) is 1.17. The minimum Gasteiger partial charge on any atom is -0.298 e. The van der Waals surface area contributed by atoms with Crippen molar-refractivity contribution in [2.45, 2.75) is 18.8 Å². The van der Waals surface area contributed by atoms with Gasteiger partial charge in [-0.25, -0.2) is 0 Å². The molecule has 0 aromatic carbocycles. The Morgan fingerprint density at radius 2 is 1.88 bits per heavy atom. The van der Waals surface area contributed by atoms with Crippen LogP contribution in [-0.2, 0) is 13.0 Å². The molecule has 8 heteroatoms. The molecule has 0 spiro atoms. The monoisotopic (exact) mass is 258 g/mol. The lowest BCUT2D eigenvalue weighted by Gasteiger charge is -2.21. The number of rotatable bonds is 3. The number of nitrogens with zero attached hydrogens (tertiary/aromatic N) is 2. The first-order valence-corrected chi connectivity index (χ1v) is 4.44. The Morgan fingerprint density at radius 1 is 1.38 bits per heavy atom. The number of halogens is 5. The zero-order chi connectivity index (χ0) is 12.7. The van der Waals surface area contributed by atoms with Crippen LogP contribution in [0.15, 0.2) is 0 Å². The van der Waals surface area contributed by atoms with Gasteiger partial charge >= 0.3 is 11.8 Å². The van der Waals surface area contributed by atoms with Crippen LogP contribution in [-0.4, -0.2) is 22.0 Å². The highest BCUT2D eigenvalue weighted by atomic mass is 35.5. The number of hydrogen-bond donors (Lipinski definition) is 0. The summed E-state index contributed by atoms with van der Waals surface area (Å²) in [6, 6.07) is 0. The molecule has 0 bridgehead atoms. The average Bonchev–Trinajstić information content (AvgIpc) is 2.42. The molecule has 0 aliphatic rings. The molecule has 3 nitrogen and oxygen atoms in total. The van der Waals surface area contributed by atoms with Crippen molar-refractivity contribution in [2.24, 2.45) is 7.05 Å². The van der Waals surface area contributed by atoms with Gasteiger partial charge in [0.25, 0.3) is 0 Å². The Bertz CT molecular complexity index is 424. The molecule has 1 rings (SSSR count). The van der Waals surface area contributed by atoms with Crippen LogP contribution in [0.2, 0.25) is 5.15 Å². The topological polar surface area (TPSA) is 34.9 Å². The summed E-state index contributed by atoms with van der Waals surface area (Å²) in [6.07, 6.45) is -0.0235. The molecular formula is C8H7ClF4N2O. The quantitative estimate of drug-likeness (QED) is 0.617. The summed E-state index contributed by atoms with van der Waals surface area (Å²) in [5.41, 5.74) is -2.04. The molecule has 0 fully saturated rings. The van der Waals surface area contributed by atoms with E-state index in [1.165, 1.54) is 7.05 Å². The summed E-state index contributed by atoms with van der Waals surface area (Å²) in [4.78, 5) is 10.5. The van der Waals surface area contributed by atoms with Gasteiger partial charge < -0.3 is 0 Å². The van der Waals surface area contributed by atoms with Crippen molar-refractivity contribution in [3.05, 3.63) is 16.4 Å². The summed E-state index contributed by atoms with van der Waals surface area (Å²) in [5.74, 6) is -8.88. The lowest BCUT2D eigenvalue weighted by molar-refractivity contribution is -0.207. The maximum atomic E-state index is 13.3. The minimum absolute atomic E-state index is 0.0235. The largest absolute Gasteiger partial charge is 0.353 e. The Morgan fingerprint density at radius 3 is 2.25 bits per heavy atom. The van der Waals surface area contributed by atoms with E-state index in [1.807, 2.05) is 0 Å². The van der Waals surface area contributed by atoms with E-state index in [0.29, 0.717) is 0 Å². The normalized spacial score (nSPS) is 12.9. The molecule has 0 unspecified atom stereocenters. The predicted molar refractivity (Wildman–Crippen MR) is 48.1 cm³/mol. The fraction of sp³-hybridized carbons (Fsp3) is 0.500. The SMILES string of the molecule is Cn1nc(C(F)(F)C(C)(F)F)c(C=O)c1Cl. The zero-order valence-corrected chi connectivity index (χ0v) is 9.03. The van der Waals surface area contributed by atoms with E-state index in [0.717, 1.165) is 4.68 Å². The predicted octanol–water partition coefficient (Wildman–Crippen LogP) is 2.63. The first-order valence-electron chi connectivity index (χ1n) is 4.06. The van der Waals surface area contributed by atoms with E-state index in [-0.39, 0.29) is 13.2 Å². The van der Waals surface area contributed by atoms with E-state index < -0.39 is 28.3 Å². The third-order valence-corrected chi connectivity index (χ3v) is 2.43. The van der Waals surface area contributed by atoms with Crippen LogP contribution >= 0.6 is 11.6 Å². The minimum atomic E-state index is -4.55. The van der Waals surface area contributed by atoms with Gasteiger partial charge in [0.2, 0.25) is 0 Å². The third-order valence-electron chi connectivity index (χ3n) is 1.98. The van der Waals surface area contributed by atoms with Gasteiger partial charge in [-0.15, -0.1) is 0 Å². The number of aromatic nitrogens is 2. The van der Waals surface area contributed by atoms with Gasteiger partial charge in [-0.3, -0.25) is 9.48 Å². The van der Waals surface area contributed by atoms with Crippen LogP contribution in [0.3, 0.4) is 0 Å². The molecular weight excluding hydrogens is 252 g/mol. The van der Waals surface area contributed by atoms with Gasteiger partial charge in [-0.2, -0.15) is 22.7 Å². The molecule has 0 atom stereocenters. The first kappa shape index (κ1) is 13.0. The zero-order valence-electron chi connectivity index (χ0n) is 8.27. The van der Waals surface area contributed by atoms with Crippen molar-refractivity contribution in [1.29, 1.82) is 0 Å². The molecule has 0 aliphatic heterocycles. The van der Waals surface area contributed by atoms with Crippen LogP contribution < -0.4 is 0 Å². The van der Waals surface area contributed by atoms with Crippen molar-refractivity contribution in [2.75, 3.05) is 0 Å². The second-order valence-electron chi connectivity index (χ2n) is 3.26. The van der Waals surface area contributed by atoms with Crippen LogP contribution in [0.5, 0.6) is 0 Å². The summed E-state index contributed by atoms with van der Waals surface area (Å²) >= 11 is 5.46. The van der Waals surface area contributed by atoms with Crippen molar-refractivity contribution < 1.29 is 22.4 Å². The third kappa shape index (κ3) is 1.79. The van der Waals surface area contributed by atoms with E-state index in [4.69, 9.17) is 11.6 Å². The van der Waals surface area contributed by atoms with Gasteiger partial charge in [0, 0.05) is 14.0 Å². The number of aldehydes is 1. The highest BCUT2D eigenvalue weighted by molar-refractivity contribution is 6.32. The number of alkyl halides is 4. The Kier molecular flexibility index (Phi) is 3.02. The van der Waals surface area contributed by atoms with Crippen molar-refractivity contribution in [3.63, 3.8) is 0 Å². The maximum Gasteiger partial charge on any atom is 0.353 e.